The van der Waals surface area contributed by atoms with E-state index >= 15 is 0 Å². The summed E-state index contributed by atoms with van der Waals surface area (Å²) >= 11 is 0. The van der Waals surface area contributed by atoms with Gasteiger partial charge in [0.25, 0.3) is 0 Å². The second kappa shape index (κ2) is 14.1. The Bertz CT molecular complexity index is 852. The molecule has 0 aliphatic rings. The molecule has 0 saturated carbocycles. The lowest BCUT2D eigenvalue weighted by molar-refractivity contribution is 0.431. The summed E-state index contributed by atoms with van der Waals surface area (Å²) < 4.78 is 0. The molecule has 0 saturated heterocycles. The molecule has 0 aromatic heterocycles. The molecular weight excluding hydrogens is 408 g/mol. The molecule has 0 nitrogen and oxygen atoms in total. The molecule has 4 unspecified atom stereocenters. The first kappa shape index (κ1) is 26.3. The average molecular weight is 455 g/mol. The van der Waals surface area contributed by atoms with Gasteiger partial charge in [0.1, 0.15) is 0 Å². The van der Waals surface area contributed by atoms with Crippen LogP contribution in [0.4, 0.5) is 0 Å². The van der Waals surface area contributed by atoms with Crippen LogP contribution in [-0.4, -0.2) is 0 Å². The molecule has 0 heterocycles. The summed E-state index contributed by atoms with van der Waals surface area (Å²) in [6.07, 6.45) is 9.88. The van der Waals surface area contributed by atoms with E-state index in [4.69, 9.17) is 0 Å². The van der Waals surface area contributed by atoms with E-state index in [0.29, 0.717) is 11.8 Å². The van der Waals surface area contributed by atoms with E-state index in [1.54, 1.807) is 11.1 Å². The summed E-state index contributed by atoms with van der Waals surface area (Å²) in [6.45, 7) is 9.51. The molecule has 3 aromatic rings. The van der Waals surface area contributed by atoms with Crippen molar-refractivity contribution in [3.63, 3.8) is 0 Å². The fourth-order valence-corrected chi connectivity index (χ4v) is 5.18. The highest BCUT2D eigenvalue weighted by Crippen LogP contribution is 2.35. The minimum Gasteiger partial charge on any atom is -0.0651 e. The van der Waals surface area contributed by atoms with Crippen molar-refractivity contribution in [3.8, 4) is 0 Å². The first-order valence-electron chi connectivity index (χ1n) is 13.8. The number of benzene rings is 3. The van der Waals surface area contributed by atoms with Gasteiger partial charge in [0.2, 0.25) is 0 Å². The fourth-order valence-electron chi connectivity index (χ4n) is 5.18. The van der Waals surface area contributed by atoms with Crippen LogP contribution in [0, 0.1) is 11.8 Å². The third-order valence-electron chi connectivity index (χ3n) is 7.87. The molecule has 34 heavy (non-hydrogen) atoms. The van der Waals surface area contributed by atoms with Crippen molar-refractivity contribution in [1.82, 2.24) is 0 Å². The highest BCUT2D eigenvalue weighted by Gasteiger charge is 2.19. The van der Waals surface area contributed by atoms with Gasteiger partial charge in [-0.1, -0.05) is 125 Å². The normalized spacial score (nSPS) is 14.9. The van der Waals surface area contributed by atoms with E-state index in [2.05, 4.69) is 113 Å². The molecule has 0 fully saturated rings. The molecule has 0 bridgehead atoms. The third-order valence-corrected chi connectivity index (χ3v) is 7.87. The fraction of sp³-hybridized carbons (Fsp3) is 0.471. The highest BCUT2D eigenvalue weighted by molar-refractivity contribution is 5.30. The monoisotopic (exact) mass is 454 g/mol. The standard InChI is InChI=1S/C34H46/c1-5-27(3)24-33(22-20-29-14-9-7-10-15-29)31-18-13-19-32(26-31)34(25-28(4)6-2)23-21-30-16-11-8-12-17-30/h7-19,26-28,33-34H,5-6,20-25H2,1-4H3. The van der Waals surface area contributed by atoms with E-state index in [9.17, 15) is 0 Å². The zero-order chi connectivity index (χ0) is 24.2. The minimum absolute atomic E-state index is 0.633. The number of aryl methyl sites for hydroxylation is 2. The first-order valence-corrected chi connectivity index (χ1v) is 13.8. The van der Waals surface area contributed by atoms with Gasteiger partial charge in [-0.25, -0.2) is 0 Å². The largest absolute Gasteiger partial charge is 0.0651 e. The van der Waals surface area contributed by atoms with Crippen molar-refractivity contribution >= 4 is 0 Å². The van der Waals surface area contributed by atoms with Crippen molar-refractivity contribution in [2.75, 3.05) is 0 Å². The lowest BCUT2D eigenvalue weighted by Crippen LogP contribution is -2.10. The molecule has 0 heteroatoms. The maximum Gasteiger partial charge on any atom is -0.0156 e. The van der Waals surface area contributed by atoms with Gasteiger partial charge in [-0.15, -0.1) is 0 Å². The van der Waals surface area contributed by atoms with Gasteiger partial charge in [-0.3, -0.25) is 0 Å². The highest BCUT2D eigenvalue weighted by atomic mass is 14.2. The Morgan fingerprint density at radius 1 is 0.529 bits per heavy atom. The molecule has 0 N–H and O–H groups in total. The molecule has 182 valence electrons. The Labute approximate surface area is 209 Å². The third kappa shape index (κ3) is 8.46. The number of rotatable bonds is 14. The number of hydrogen-bond acceptors (Lipinski definition) is 0. The van der Waals surface area contributed by atoms with E-state index in [1.807, 2.05) is 0 Å². The van der Waals surface area contributed by atoms with Crippen LogP contribution in [0.3, 0.4) is 0 Å². The van der Waals surface area contributed by atoms with E-state index < -0.39 is 0 Å². The van der Waals surface area contributed by atoms with Crippen molar-refractivity contribution in [2.24, 2.45) is 11.8 Å². The van der Waals surface area contributed by atoms with E-state index in [1.165, 1.54) is 49.7 Å². The molecule has 4 atom stereocenters. The lowest BCUT2D eigenvalue weighted by Gasteiger charge is -2.25. The van der Waals surface area contributed by atoms with Crippen molar-refractivity contribution in [3.05, 3.63) is 107 Å². The van der Waals surface area contributed by atoms with Gasteiger partial charge in [-0.2, -0.15) is 0 Å². The Morgan fingerprint density at radius 3 is 1.32 bits per heavy atom. The van der Waals surface area contributed by atoms with Gasteiger partial charge in [0.15, 0.2) is 0 Å². The van der Waals surface area contributed by atoms with Crippen LogP contribution >= 0.6 is 0 Å². The predicted molar refractivity (Wildman–Crippen MR) is 150 cm³/mol. The topological polar surface area (TPSA) is 0 Å². The average Bonchev–Trinajstić information content (AvgIpc) is 2.89. The summed E-state index contributed by atoms with van der Waals surface area (Å²) in [5.74, 6) is 2.79. The summed E-state index contributed by atoms with van der Waals surface area (Å²) in [5, 5.41) is 0. The van der Waals surface area contributed by atoms with E-state index in [-0.39, 0.29) is 0 Å². The molecule has 0 radical (unpaired) electrons. The molecule has 3 rings (SSSR count). The molecule has 0 spiro atoms. The van der Waals surface area contributed by atoms with Gasteiger partial charge in [-0.05, 0) is 84.5 Å². The van der Waals surface area contributed by atoms with Crippen LogP contribution in [0.25, 0.3) is 0 Å². The van der Waals surface area contributed by atoms with Gasteiger partial charge < -0.3 is 0 Å². The van der Waals surface area contributed by atoms with Crippen molar-refractivity contribution in [1.29, 1.82) is 0 Å². The van der Waals surface area contributed by atoms with Gasteiger partial charge in [0, 0.05) is 0 Å². The van der Waals surface area contributed by atoms with Crippen molar-refractivity contribution < 1.29 is 0 Å². The maximum absolute atomic E-state index is 2.58. The second-order valence-electron chi connectivity index (χ2n) is 10.6. The maximum atomic E-state index is 2.58. The predicted octanol–water partition coefficient (Wildman–Crippen LogP) is 9.99. The quantitative estimate of drug-likeness (QED) is 0.227. The van der Waals surface area contributed by atoms with Crippen LogP contribution in [-0.2, 0) is 12.8 Å². The summed E-state index contributed by atoms with van der Waals surface area (Å²) in [7, 11) is 0. The molecular formula is C34H46. The molecule has 0 aliphatic heterocycles. The Hall–Kier alpha value is -2.34. The summed E-state index contributed by atoms with van der Waals surface area (Å²) in [4.78, 5) is 0. The zero-order valence-electron chi connectivity index (χ0n) is 22.0. The van der Waals surface area contributed by atoms with Gasteiger partial charge in [0.05, 0.1) is 0 Å². The second-order valence-corrected chi connectivity index (χ2v) is 10.6. The smallest absolute Gasteiger partial charge is 0.0156 e. The first-order chi connectivity index (χ1) is 16.6. The van der Waals surface area contributed by atoms with Crippen LogP contribution < -0.4 is 0 Å². The van der Waals surface area contributed by atoms with Crippen LogP contribution in [0.5, 0.6) is 0 Å². The van der Waals surface area contributed by atoms with Crippen LogP contribution in [0.2, 0.25) is 0 Å². The Morgan fingerprint density at radius 2 is 0.941 bits per heavy atom. The summed E-state index contributed by atoms with van der Waals surface area (Å²) in [6, 6.07) is 31.8. The number of hydrogen-bond donors (Lipinski definition) is 0. The van der Waals surface area contributed by atoms with Crippen molar-refractivity contribution in [2.45, 2.75) is 90.9 Å². The summed E-state index contributed by atoms with van der Waals surface area (Å²) in [5.41, 5.74) is 6.04. The zero-order valence-corrected chi connectivity index (χ0v) is 22.0. The lowest BCUT2D eigenvalue weighted by atomic mass is 9.80. The van der Waals surface area contributed by atoms with Crippen LogP contribution in [0.15, 0.2) is 84.9 Å². The Balaban J connectivity index is 1.80. The molecule has 3 aromatic carbocycles. The molecule has 0 amide bonds. The minimum atomic E-state index is 0.633. The Kier molecular flexibility index (Phi) is 10.9. The molecule has 0 aliphatic carbocycles. The van der Waals surface area contributed by atoms with Crippen LogP contribution in [0.1, 0.15) is 100 Å². The SMILES string of the molecule is CCC(C)CC(CCc1ccccc1)c1cccc(C(CCc2ccccc2)CC(C)CC)c1. The van der Waals surface area contributed by atoms with Gasteiger partial charge >= 0.3 is 0 Å². The van der Waals surface area contributed by atoms with E-state index in [0.717, 1.165) is 24.7 Å².